The van der Waals surface area contributed by atoms with Crippen molar-refractivity contribution in [1.29, 1.82) is 0 Å². The molecule has 0 aliphatic rings. The molecule has 33 heavy (non-hydrogen) atoms. The Labute approximate surface area is 205 Å². The van der Waals surface area contributed by atoms with Gasteiger partial charge in [0.1, 0.15) is 12.6 Å². The topological polar surface area (TPSA) is 86.8 Å². The summed E-state index contributed by atoms with van der Waals surface area (Å²) in [4.78, 5) is 27.7. The summed E-state index contributed by atoms with van der Waals surface area (Å²) in [7, 11) is -3.75. The highest BCUT2D eigenvalue weighted by Gasteiger charge is 2.30. The van der Waals surface area contributed by atoms with Crippen LogP contribution in [0.1, 0.15) is 32.8 Å². The van der Waals surface area contributed by atoms with Crippen LogP contribution >= 0.6 is 15.9 Å². The molecule has 0 fully saturated rings. The van der Waals surface area contributed by atoms with Crippen molar-refractivity contribution in [2.24, 2.45) is 0 Å². The second-order valence-electron chi connectivity index (χ2n) is 8.04. The van der Waals surface area contributed by atoms with Crippen molar-refractivity contribution in [3.05, 3.63) is 64.6 Å². The predicted molar refractivity (Wildman–Crippen MR) is 136 cm³/mol. The number of halogens is 1. The van der Waals surface area contributed by atoms with Gasteiger partial charge in [-0.1, -0.05) is 49.4 Å². The number of rotatable bonds is 11. The Balaban J connectivity index is 2.31. The number of amides is 2. The van der Waals surface area contributed by atoms with E-state index in [4.69, 9.17) is 0 Å². The molecule has 7 nitrogen and oxygen atoms in total. The number of hydrogen-bond acceptors (Lipinski definition) is 4. The lowest BCUT2D eigenvalue weighted by Gasteiger charge is -2.32. The molecule has 180 valence electrons. The Morgan fingerprint density at radius 3 is 2.21 bits per heavy atom. The fraction of sp³-hybridized carbons (Fsp3) is 0.417. The Morgan fingerprint density at radius 2 is 1.64 bits per heavy atom. The average molecular weight is 539 g/mol. The number of sulfonamides is 1. The molecule has 0 bridgehead atoms. The maximum Gasteiger partial charge on any atom is 0.244 e. The first-order valence-corrected chi connectivity index (χ1v) is 13.5. The summed E-state index contributed by atoms with van der Waals surface area (Å²) < 4.78 is 26.8. The molecule has 0 radical (unpaired) electrons. The van der Waals surface area contributed by atoms with Gasteiger partial charge in [-0.3, -0.25) is 13.9 Å². The van der Waals surface area contributed by atoms with E-state index in [-0.39, 0.29) is 18.5 Å². The van der Waals surface area contributed by atoms with Gasteiger partial charge in [0.25, 0.3) is 0 Å². The third kappa shape index (κ3) is 7.85. The van der Waals surface area contributed by atoms with E-state index in [1.165, 1.54) is 4.90 Å². The lowest BCUT2D eigenvalue weighted by Crippen LogP contribution is -2.53. The third-order valence-corrected chi connectivity index (χ3v) is 7.25. The zero-order valence-corrected chi connectivity index (χ0v) is 21.9. The summed E-state index contributed by atoms with van der Waals surface area (Å²) in [6, 6.07) is 15.7. The molecular formula is C24H32BrN3O4S. The van der Waals surface area contributed by atoms with E-state index in [0.29, 0.717) is 16.6 Å². The number of para-hydroxylation sites is 1. The van der Waals surface area contributed by atoms with E-state index in [9.17, 15) is 18.0 Å². The Hall–Kier alpha value is -2.39. The second-order valence-corrected chi connectivity index (χ2v) is 10.8. The van der Waals surface area contributed by atoms with Gasteiger partial charge in [-0.05, 0) is 60.3 Å². The second kappa shape index (κ2) is 12.2. The van der Waals surface area contributed by atoms with Gasteiger partial charge in [0.15, 0.2) is 0 Å². The molecule has 1 N–H and O–H groups in total. The number of nitrogens with zero attached hydrogens (tertiary/aromatic N) is 2. The maximum atomic E-state index is 13.4. The van der Waals surface area contributed by atoms with Gasteiger partial charge in [0, 0.05) is 17.1 Å². The number of nitrogens with one attached hydrogen (secondary N) is 1. The summed E-state index contributed by atoms with van der Waals surface area (Å²) >= 11 is 3.37. The van der Waals surface area contributed by atoms with Crippen molar-refractivity contribution in [2.45, 2.75) is 45.7 Å². The molecule has 0 spiro atoms. The molecule has 2 amide bonds. The van der Waals surface area contributed by atoms with Gasteiger partial charge >= 0.3 is 0 Å². The highest BCUT2D eigenvalue weighted by molar-refractivity contribution is 9.10. The van der Waals surface area contributed by atoms with Crippen LogP contribution in [0.5, 0.6) is 0 Å². The van der Waals surface area contributed by atoms with Gasteiger partial charge in [-0.25, -0.2) is 8.42 Å². The predicted octanol–water partition coefficient (Wildman–Crippen LogP) is 3.59. The van der Waals surface area contributed by atoms with Crippen LogP contribution in [0.25, 0.3) is 0 Å². The summed E-state index contributed by atoms with van der Waals surface area (Å²) in [5.74, 6) is -0.712. The van der Waals surface area contributed by atoms with Crippen LogP contribution in [-0.4, -0.2) is 56.6 Å². The number of hydrogen-bond donors (Lipinski definition) is 1. The molecular weight excluding hydrogens is 506 g/mol. The van der Waals surface area contributed by atoms with E-state index in [0.717, 1.165) is 22.5 Å². The first kappa shape index (κ1) is 26.9. The van der Waals surface area contributed by atoms with Crippen LogP contribution in [0.2, 0.25) is 0 Å². The molecule has 2 aromatic carbocycles. The van der Waals surface area contributed by atoms with Crippen molar-refractivity contribution < 1.29 is 18.0 Å². The molecule has 0 aliphatic carbocycles. The van der Waals surface area contributed by atoms with Gasteiger partial charge in [-0.2, -0.15) is 0 Å². The van der Waals surface area contributed by atoms with E-state index in [1.807, 2.05) is 44.2 Å². The molecule has 0 aromatic heterocycles. The smallest absolute Gasteiger partial charge is 0.244 e. The molecule has 0 saturated heterocycles. The third-order valence-electron chi connectivity index (χ3n) is 5.45. The Morgan fingerprint density at radius 1 is 1.03 bits per heavy atom. The molecule has 9 heteroatoms. The highest BCUT2D eigenvalue weighted by atomic mass is 79.9. The van der Waals surface area contributed by atoms with Crippen LogP contribution in [0.3, 0.4) is 0 Å². The van der Waals surface area contributed by atoms with Crippen LogP contribution in [0.4, 0.5) is 5.69 Å². The zero-order chi connectivity index (χ0) is 24.6. The SMILES string of the molecule is CC[C@@H](C)NC(=O)[C@H](C)N(CCc1ccccc1)C(=O)CN(c1ccccc1Br)S(C)(=O)=O. The van der Waals surface area contributed by atoms with Crippen LogP contribution < -0.4 is 9.62 Å². The molecule has 2 rings (SSSR count). The summed E-state index contributed by atoms with van der Waals surface area (Å²) in [6.45, 7) is 5.42. The molecule has 0 aliphatic heterocycles. The van der Waals surface area contributed by atoms with Crippen LogP contribution in [0.15, 0.2) is 59.1 Å². The van der Waals surface area contributed by atoms with Crippen LogP contribution in [0, 0.1) is 0 Å². The lowest BCUT2D eigenvalue weighted by atomic mass is 10.1. The quantitative estimate of drug-likeness (QED) is 0.474. The minimum Gasteiger partial charge on any atom is -0.352 e. The zero-order valence-electron chi connectivity index (χ0n) is 19.5. The molecule has 2 aromatic rings. The highest BCUT2D eigenvalue weighted by Crippen LogP contribution is 2.27. The minimum absolute atomic E-state index is 0.0289. The standard InChI is InChI=1S/C24H32BrN3O4S/c1-5-18(2)26-24(30)19(3)27(16-15-20-11-7-6-8-12-20)23(29)17-28(33(4,31)32)22-14-10-9-13-21(22)25/h6-14,18-19H,5,15-17H2,1-4H3,(H,26,30)/t18-,19+/m1/s1. The van der Waals surface area contributed by atoms with Crippen molar-refractivity contribution in [3.63, 3.8) is 0 Å². The normalized spacial score (nSPS) is 13.1. The molecule has 2 atom stereocenters. The van der Waals surface area contributed by atoms with E-state index in [2.05, 4.69) is 21.2 Å². The van der Waals surface area contributed by atoms with Gasteiger partial charge in [0.2, 0.25) is 21.8 Å². The number of carbonyl (C=O) groups is 2. The van der Waals surface area contributed by atoms with E-state index in [1.54, 1.807) is 31.2 Å². The van der Waals surface area contributed by atoms with Gasteiger partial charge < -0.3 is 10.2 Å². The van der Waals surface area contributed by atoms with Crippen LogP contribution in [-0.2, 0) is 26.0 Å². The fourth-order valence-electron chi connectivity index (χ4n) is 3.28. The molecule has 0 saturated carbocycles. The number of benzene rings is 2. The monoisotopic (exact) mass is 537 g/mol. The number of anilines is 1. The van der Waals surface area contributed by atoms with E-state index < -0.39 is 28.5 Å². The first-order valence-electron chi connectivity index (χ1n) is 10.9. The largest absolute Gasteiger partial charge is 0.352 e. The Bertz CT molecular complexity index is 1050. The fourth-order valence-corrected chi connectivity index (χ4v) is 4.76. The van der Waals surface area contributed by atoms with Crippen molar-refractivity contribution >= 4 is 43.5 Å². The van der Waals surface area contributed by atoms with E-state index >= 15 is 0 Å². The summed E-state index contributed by atoms with van der Waals surface area (Å²) in [5.41, 5.74) is 1.39. The Kier molecular flexibility index (Phi) is 9.91. The maximum absolute atomic E-state index is 13.4. The lowest BCUT2D eigenvalue weighted by molar-refractivity contribution is -0.139. The van der Waals surface area contributed by atoms with Crippen molar-refractivity contribution in [3.8, 4) is 0 Å². The van der Waals surface area contributed by atoms with Gasteiger partial charge in [-0.15, -0.1) is 0 Å². The van der Waals surface area contributed by atoms with Crippen molar-refractivity contribution in [1.82, 2.24) is 10.2 Å². The summed E-state index contributed by atoms with van der Waals surface area (Å²) in [5, 5.41) is 2.92. The molecule has 0 heterocycles. The van der Waals surface area contributed by atoms with Crippen molar-refractivity contribution in [2.75, 3.05) is 23.7 Å². The van der Waals surface area contributed by atoms with Gasteiger partial charge in [0.05, 0.1) is 11.9 Å². The average Bonchev–Trinajstić information content (AvgIpc) is 2.77. The minimum atomic E-state index is -3.75. The number of carbonyl (C=O) groups excluding carboxylic acids is 2. The first-order chi connectivity index (χ1) is 15.5. The summed E-state index contributed by atoms with van der Waals surface area (Å²) in [6.07, 6.45) is 2.37. The molecule has 0 unspecified atom stereocenters.